The Kier molecular flexibility index (Phi) is 2.44. The number of rotatable bonds is 2. The van der Waals surface area contributed by atoms with Gasteiger partial charge in [0.25, 0.3) is 0 Å². The van der Waals surface area contributed by atoms with Crippen LogP contribution in [-0.4, -0.2) is 31.2 Å². The van der Waals surface area contributed by atoms with Gasteiger partial charge in [-0.25, -0.2) is 4.98 Å². The van der Waals surface area contributed by atoms with E-state index in [9.17, 15) is 5.11 Å². The van der Waals surface area contributed by atoms with E-state index < -0.39 is 6.10 Å². The lowest BCUT2D eigenvalue weighted by Crippen LogP contribution is -2.14. The molecule has 74 valence electrons. The Balaban J connectivity index is 2.63. The van der Waals surface area contributed by atoms with Crippen molar-refractivity contribution >= 4 is 21.6 Å². The first-order valence-corrected chi connectivity index (χ1v) is 4.76. The van der Waals surface area contributed by atoms with Crippen LogP contribution >= 0.6 is 15.9 Å². The third-order valence-corrected chi connectivity index (χ3v) is 2.39. The van der Waals surface area contributed by atoms with Gasteiger partial charge >= 0.3 is 0 Å². The van der Waals surface area contributed by atoms with Crippen LogP contribution < -0.4 is 5.73 Å². The van der Waals surface area contributed by atoms with Gasteiger partial charge in [-0.1, -0.05) is 0 Å². The molecular formula is C7H8BrN5O. The number of aliphatic hydroxyl groups excluding tert-OH is 1. The predicted molar refractivity (Wildman–Crippen MR) is 52.5 cm³/mol. The summed E-state index contributed by atoms with van der Waals surface area (Å²) in [6.07, 6.45) is 2.46. The fraction of sp³-hybridized carbons (Fsp3) is 0.286. The molecule has 0 fully saturated rings. The van der Waals surface area contributed by atoms with Crippen molar-refractivity contribution in [3.63, 3.8) is 0 Å². The summed E-state index contributed by atoms with van der Waals surface area (Å²) in [6, 6.07) is 0. The molecule has 6 nitrogen and oxygen atoms in total. The summed E-state index contributed by atoms with van der Waals surface area (Å²) >= 11 is 3.23. The van der Waals surface area contributed by atoms with Gasteiger partial charge < -0.3 is 10.8 Å². The van der Waals surface area contributed by atoms with Gasteiger partial charge in [-0.2, -0.15) is 0 Å². The second-order valence-electron chi connectivity index (χ2n) is 2.72. The van der Waals surface area contributed by atoms with E-state index in [1.54, 1.807) is 16.8 Å². The molecule has 7 heteroatoms. The monoisotopic (exact) mass is 257 g/mol. The van der Waals surface area contributed by atoms with Crippen molar-refractivity contribution in [3.8, 4) is 0 Å². The maximum Gasteiger partial charge on any atom is 0.194 e. The summed E-state index contributed by atoms with van der Waals surface area (Å²) < 4.78 is 2.23. The summed E-state index contributed by atoms with van der Waals surface area (Å²) in [5.74, 6) is 0.422. The number of aromatic nitrogens is 4. The first-order valence-electron chi connectivity index (χ1n) is 3.97. The minimum absolute atomic E-state index is 0.112. The van der Waals surface area contributed by atoms with Crippen molar-refractivity contribution in [1.29, 1.82) is 0 Å². The molecule has 0 radical (unpaired) electrons. The van der Waals surface area contributed by atoms with E-state index in [0.29, 0.717) is 16.1 Å². The van der Waals surface area contributed by atoms with Gasteiger partial charge in [-0.3, -0.25) is 4.40 Å². The number of nitrogens with two attached hydrogens (primary N) is 1. The van der Waals surface area contributed by atoms with Crippen LogP contribution in [0.5, 0.6) is 0 Å². The molecule has 0 spiro atoms. The van der Waals surface area contributed by atoms with Gasteiger partial charge in [-0.05, 0) is 15.9 Å². The molecule has 14 heavy (non-hydrogen) atoms. The van der Waals surface area contributed by atoms with E-state index in [-0.39, 0.29) is 6.54 Å². The molecule has 2 aromatic heterocycles. The largest absolute Gasteiger partial charge is 0.384 e. The van der Waals surface area contributed by atoms with Crippen LogP contribution in [0.25, 0.3) is 5.65 Å². The van der Waals surface area contributed by atoms with Gasteiger partial charge in [-0.15, -0.1) is 10.2 Å². The first-order chi connectivity index (χ1) is 6.74. The third kappa shape index (κ3) is 1.39. The molecule has 0 saturated carbocycles. The molecule has 2 heterocycles. The highest BCUT2D eigenvalue weighted by atomic mass is 79.9. The zero-order valence-electron chi connectivity index (χ0n) is 7.13. The molecule has 0 bridgehead atoms. The standard InChI is InChI=1S/C7H8BrN5O/c8-5-7-12-11-6(4(14)3-9)13(7)2-1-10-5/h1-2,4,14H,3,9H2. The second-order valence-corrected chi connectivity index (χ2v) is 3.47. The highest BCUT2D eigenvalue weighted by Crippen LogP contribution is 2.16. The van der Waals surface area contributed by atoms with Gasteiger partial charge in [0, 0.05) is 18.9 Å². The van der Waals surface area contributed by atoms with Crippen molar-refractivity contribution in [2.45, 2.75) is 6.10 Å². The van der Waals surface area contributed by atoms with Crippen LogP contribution in [0.1, 0.15) is 11.9 Å². The van der Waals surface area contributed by atoms with Crippen molar-refractivity contribution in [1.82, 2.24) is 19.6 Å². The van der Waals surface area contributed by atoms with Crippen molar-refractivity contribution in [2.24, 2.45) is 5.73 Å². The first kappa shape index (κ1) is 9.50. The summed E-state index contributed by atoms with van der Waals surface area (Å²) in [4.78, 5) is 3.99. The Morgan fingerprint density at radius 1 is 1.57 bits per heavy atom. The average Bonchev–Trinajstić information content (AvgIpc) is 2.62. The zero-order valence-corrected chi connectivity index (χ0v) is 8.72. The van der Waals surface area contributed by atoms with Gasteiger partial charge in [0.2, 0.25) is 0 Å². The normalized spacial score (nSPS) is 13.4. The Morgan fingerprint density at radius 3 is 3.07 bits per heavy atom. The molecule has 0 amide bonds. The molecule has 1 atom stereocenters. The fourth-order valence-corrected chi connectivity index (χ4v) is 1.54. The predicted octanol–water partition coefficient (Wildman–Crippen LogP) is -0.121. The zero-order chi connectivity index (χ0) is 10.1. The van der Waals surface area contributed by atoms with Gasteiger partial charge in [0.1, 0.15) is 6.10 Å². The SMILES string of the molecule is NCC(O)c1nnc2c(Br)nccn12. The fourth-order valence-electron chi connectivity index (χ4n) is 1.15. The number of nitrogens with zero attached hydrogens (tertiary/aromatic N) is 4. The number of hydrogen-bond acceptors (Lipinski definition) is 5. The summed E-state index contributed by atoms with van der Waals surface area (Å²) in [7, 11) is 0. The minimum Gasteiger partial charge on any atom is -0.384 e. The van der Waals surface area contributed by atoms with Crippen LogP contribution in [0, 0.1) is 0 Å². The number of hydrogen-bond donors (Lipinski definition) is 2. The summed E-state index contributed by atoms with van der Waals surface area (Å²) in [5.41, 5.74) is 5.90. The van der Waals surface area contributed by atoms with Crippen molar-refractivity contribution in [3.05, 3.63) is 22.8 Å². The third-order valence-electron chi connectivity index (χ3n) is 1.83. The van der Waals surface area contributed by atoms with E-state index in [1.807, 2.05) is 0 Å². The Bertz CT molecular complexity index is 456. The Morgan fingerprint density at radius 2 is 2.36 bits per heavy atom. The molecule has 0 saturated heterocycles. The minimum atomic E-state index is -0.806. The van der Waals surface area contributed by atoms with Gasteiger partial charge in [0.05, 0.1) is 0 Å². The topological polar surface area (TPSA) is 89.3 Å². The summed E-state index contributed by atoms with van der Waals surface area (Å²) in [6.45, 7) is 0.112. The van der Waals surface area contributed by atoms with Crippen LogP contribution in [0.3, 0.4) is 0 Å². The highest BCUT2D eigenvalue weighted by molar-refractivity contribution is 9.10. The average molecular weight is 258 g/mol. The maximum absolute atomic E-state index is 9.52. The quantitative estimate of drug-likeness (QED) is 0.783. The van der Waals surface area contributed by atoms with Crippen molar-refractivity contribution in [2.75, 3.05) is 6.54 Å². The molecule has 2 aromatic rings. The molecule has 0 aromatic carbocycles. The number of halogens is 1. The van der Waals surface area contributed by atoms with Crippen LogP contribution in [0.2, 0.25) is 0 Å². The second kappa shape index (κ2) is 3.60. The molecule has 3 N–H and O–H groups in total. The Labute approximate surface area is 87.9 Å². The molecular weight excluding hydrogens is 250 g/mol. The number of fused-ring (bicyclic) bond motifs is 1. The lowest BCUT2D eigenvalue weighted by molar-refractivity contribution is 0.175. The maximum atomic E-state index is 9.52. The van der Waals surface area contributed by atoms with Crippen LogP contribution in [0.15, 0.2) is 17.0 Å². The van der Waals surface area contributed by atoms with E-state index in [0.717, 1.165) is 0 Å². The van der Waals surface area contributed by atoms with Gasteiger partial charge in [0.15, 0.2) is 16.1 Å². The van der Waals surface area contributed by atoms with E-state index in [1.165, 1.54) is 0 Å². The van der Waals surface area contributed by atoms with Crippen LogP contribution in [0.4, 0.5) is 0 Å². The lowest BCUT2D eigenvalue weighted by atomic mass is 10.3. The number of aliphatic hydroxyl groups is 1. The molecule has 1 unspecified atom stereocenters. The van der Waals surface area contributed by atoms with E-state index in [4.69, 9.17) is 5.73 Å². The highest BCUT2D eigenvalue weighted by Gasteiger charge is 2.14. The van der Waals surface area contributed by atoms with Crippen LogP contribution in [-0.2, 0) is 0 Å². The van der Waals surface area contributed by atoms with E-state index in [2.05, 4.69) is 31.1 Å². The Hall–Kier alpha value is -1.05. The molecule has 0 aliphatic heterocycles. The summed E-state index contributed by atoms with van der Waals surface area (Å²) in [5, 5.41) is 17.2. The van der Waals surface area contributed by atoms with Crippen molar-refractivity contribution < 1.29 is 5.11 Å². The lowest BCUT2D eigenvalue weighted by Gasteiger charge is -2.04. The molecule has 0 aliphatic rings. The molecule has 0 aliphatic carbocycles. The van der Waals surface area contributed by atoms with E-state index >= 15 is 0 Å². The smallest absolute Gasteiger partial charge is 0.194 e. The molecule has 2 rings (SSSR count).